The van der Waals surface area contributed by atoms with Crippen LogP contribution in [0.2, 0.25) is 0 Å². The highest BCUT2D eigenvalue weighted by Gasteiger charge is 2.22. The Labute approximate surface area is 124 Å². The van der Waals surface area contributed by atoms with Crippen molar-refractivity contribution >= 4 is 18.1 Å². The van der Waals surface area contributed by atoms with E-state index in [4.69, 9.17) is 0 Å². The lowest BCUT2D eigenvalue weighted by molar-refractivity contribution is -0.119. The monoisotopic (exact) mass is 291 g/mol. The molecule has 0 aromatic carbocycles. The summed E-state index contributed by atoms with van der Waals surface area (Å²) in [7, 11) is 0. The van der Waals surface area contributed by atoms with Gasteiger partial charge in [0, 0.05) is 31.7 Å². The molecule has 0 spiro atoms. The van der Waals surface area contributed by atoms with Gasteiger partial charge in [0.1, 0.15) is 11.5 Å². The summed E-state index contributed by atoms with van der Waals surface area (Å²) in [6.45, 7) is 8.27. The number of amides is 2. The summed E-state index contributed by atoms with van der Waals surface area (Å²) in [5.74, 6) is 0.500. The van der Waals surface area contributed by atoms with Crippen molar-refractivity contribution in [2.75, 3.05) is 31.5 Å². The Kier molecular flexibility index (Phi) is 4.40. The molecule has 1 aliphatic heterocycles. The van der Waals surface area contributed by atoms with Crippen LogP contribution in [0.4, 0.5) is 5.82 Å². The van der Waals surface area contributed by atoms with Crippen LogP contribution < -0.4 is 5.32 Å². The zero-order valence-corrected chi connectivity index (χ0v) is 12.7. The summed E-state index contributed by atoms with van der Waals surface area (Å²) in [4.78, 5) is 34.7. The van der Waals surface area contributed by atoms with Crippen molar-refractivity contribution in [3.05, 3.63) is 18.1 Å². The normalized spacial score (nSPS) is 15.8. The molecule has 0 atom stereocenters. The third-order valence-corrected chi connectivity index (χ3v) is 3.12. The van der Waals surface area contributed by atoms with Crippen LogP contribution in [0.5, 0.6) is 0 Å². The minimum Gasteiger partial charge on any atom is -0.364 e. The van der Waals surface area contributed by atoms with E-state index in [0.29, 0.717) is 37.7 Å². The number of rotatable bonds is 3. The van der Waals surface area contributed by atoms with Gasteiger partial charge in [-0.2, -0.15) is 0 Å². The smallest absolute Gasteiger partial charge is 0.274 e. The van der Waals surface area contributed by atoms with Gasteiger partial charge >= 0.3 is 0 Å². The van der Waals surface area contributed by atoms with Crippen molar-refractivity contribution in [2.24, 2.45) is 0 Å². The van der Waals surface area contributed by atoms with Gasteiger partial charge in [0.15, 0.2) is 0 Å². The number of carbonyl (C=O) groups is 2. The van der Waals surface area contributed by atoms with Gasteiger partial charge in [-0.05, 0) is 20.8 Å². The Bertz CT molecular complexity index is 501. The van der Waals surface area contributed by atoms with Gasteiger partial charge in [0.05, 0.1) is 12.4 Å². The van der Waals surface area contributed by atoms with E-state index in [1.54, 1.807) is 16.0 Å². The van der Waals surface area contributed by atoms with Crippen LogP contribution in [-0.4, -0.2) is 63.8 Å². The number of nitrogens with one attached hydrogen (secondary N) is 1. The van der Waals surface area contributed by atoms with Crippen LogP contribution in [0.25, 0.3) is 0 Å². The van der Waals surface area contributed by atoms with Crippen LogP contribution in [0.15, 0.2) is 12.4 Å². The van der Waals surface area contributed by atoms with E-state index < -0.39 is 0 Å². The first-order valence-corrected chi connectivity index (χ1v) is 6.98. The predicted molar refractivity (Wildman–Crippen MR) is 78.9 cm³/mol. The van der Waals surface area contributed by atoms with Gasteiger partial charge in [-0.15, -0.1) is 0 Å². The molecule has 1 saturated heterocycles. The van der Waals surface area contributed by atoms with Crippen LogP contribution in [-0.2, 0) is 4.79 Å². The first-order valence-electron chi connectivity index (χ1n) is 6.98. The molecule has 1 aromatic heterocycles. The van der Waals surface area contributed by atoms with Gasteiger partial charge in [-0.25, -0.2) is 9.97 Å². The molecule has 7 nitrogen and oxygen atoms in total. The highest BCUT2D eigenvalue weighted by atomic mass is 16.2. The van der Waals surface area contributed by atoms with Crippen molar-refractivity contribution in [3.8, 4) is 0 Å². The molecule has 1 aliphatic rings. The Morgan fingerprint density at radius 1 is 1.19 bits per heavy atom. The van der Waals surface area contributed by atoms with Crippen molar-refractivity contribution in [3.63, 3.8) is 0 Å². The number of hydrogen-bond donors (Lipinski definition) is 1. The fourth-order valence-corrected chi connectivity index (χ4v) is 2.08. The first kappa shape index (κ1) is 15.2. The summed E-state index contributed by atoms with van der Waals surface area (Å²) >= 11 is 0. The number of aromatic nitrogens is 2. The summed E-state index contributed by atoms with van der Waals surface area (Å²) in [5, 5.41) is 3.20. The topological polar surface area (TPSA) is 78.4 Å². The molecule has 1 aromatic rings. The highest BCUT2D eigenvalue weighted by Crippen LogP contribution is 2.11. The summed E-state index contributed by atoms with van der Waals surface area (Å²) in [6.07, 6.45) is 3.87. The lowest BCUT2D eigenvalue weighted by Gasteiger charge is -2.32. The molecule has 7 heteroatoms. The first-order chi connectivity index (χ1) is 9.89. The molecule has 0 radical (unpaired) electrons. The summed E-state index contributed by atoms with van der Waals surface area (Å²) < 4.78 is 0. The van der Waals surface area contributed by atoms with E-state index in [1.165, 1.54) is 6.20 Å². The Balaban J connectivity index is 1.99. The Morgan fingerprint density at radius 2 is 1.86 bits per heavy atom. The standard InChI is InChI=1S/C14H21N5O2/c1-14(2,3)17-12-9-15-11(8-16-12)13(21)19-6-4-18(10-20)5-7-19/h8-10H,4-7H2,1-3H3,(H,16,17). The Morgan fingerprint density at radius 3 is 2.33 bits per heavy atom. The molecule has 1 fully saturated rings. The van der Waals surface area contributed by atoms with E-state index in [9.17, 15) is 9.59 Å². The van der Waals surface area contributed by atoms with E-state index in [-0.39, 0.29) is 11.4 Å². The maximum Gasteiger partial charge on any atom is 0.274 e. The van der Waals surface area contributed by atoms with Crippen LogP contribution in [0, 0.1) is 0 Å². The third-order valence-electron chi connectivity index (χ3n) is 3.12. The number of carbonyl (C=O) groups excluding carboxylic acids is 2. The molecule has 21 heavy (non-hydrogen) atoms. The van der Waals surface area contributed by atoms with Gasteiger partial charge in [-0.1, -0.05) is 0 Å². The van der Waals surface area contributed by atoms with Gasteiger partial charge in [0.2, 0.25) is 6.41 Å². The zero-order chi connectivity index (χ0) is 15.5. The minimum absolute atomic E-state index is 0.106. The lowest BCUT2D eigenvalue weighted by atomic mass is 10.1. The molecule has 114 valence electrons. The minimum atomic E-state index is -0.143. The van der Waals surface area contributed by atoms with Crippen molar-refractivity contribution in [2.45, 2.75) is 26.3 Å². The van der Waals surface area contributed by atoms with E-state index in [0.717, 1.165) is 6.41 Å². The average Bonchev–Trinajstić information content (AvgIpc) is 2.46. The molecule has 0 aliphatic carbocycles. The average molecular weight is 291 g/mol. The SMILES string of the molecule is CC(C)(C)Nc1cnc(C(=O)N2CCN(C=O)CC2)cn1. The van der Waals surface area contributed by atoms with Gasteiger partial charge < -0.3 is 15.1 Å². The zero-order valence-electron chi connectivity index (χ0n) is 12.7. The molecular weight excluding hydrogens is 270 g/mol. The maximum absolute atomic E-state index is 12.3. The maximum atomic E-state index is 12.3. The van der Waals surface area contributed by atoms with Gasteiger partial charge in [0.25, 0.3) is 5.91 Å². The predicted octanol–water partition coefficient (Wildman–Crippen LogP) is 0.601. The van der Waals surface area contributed by atoms with Crippen molar-refractivity contribution < 1.29 is 9.59 Å². The second-order valence-corrected chi connectivity index (χ2v) is 6.10. The summed E-state index contributed by atoms with van der Waals surface area (Å²) in [6, 6.07) is 0. The number of nitrogens with zero attached hydrogens (tertiary/aromatic N) is 4. The Hall–Kier alpha value is -2.18. The molecule has 0 saturated carbocycles. The largest absolute Gasteiger partial charge is 0.364 e. The van der Waals surface area contributed by atoms with Crippen LogP contribution in [0.1, 0.15) is 31.3 Å². The summed E-state index contributed by atoms with van der Waals surface area (Å²) in [5.41, 5.74) is 0.222. The van der Waals surface area contributed by atoms with E-state index >= 15 is 0 Å². The molecule has 1 N–H and O–H groups in total. The molecule has 2 rings (SSSR count). The van der Waals surface area contributed by atoms with E-state index in [2.05, 4.69) is 15.3 Å². The number of piperazine rings is 1. The van der Waals surface area contributed by atoms with Gasteiger partial charge in [-0.3, -0.25) is 9.59 Å². The molecular formula is C14H21N5O2. The van der Waals surface area contributed by atoms with E-state index in [1.807, 2.05) is 20.8 Å². The molecule has 0 unspecified atom stereocenters. The highest BCUT2D eigenvalue weighted by molar-refractivity contribution is 5.92. The second kappa shape index (κ2) is 6.07. The quantitative estimate of drug-likeness (QED) is 0.825. The molecule has 2 amide bonds. The van der Waals surface area contributed by atoms with Crippen LogP contribution >= 0.6 is 0 Å². The van der Waals surface area contributed by atoms with Crippen molar-refractivity contribution in [1.29, 1.82) is 0 Å². The lowest BCUT2D eigenvalue weighted by Crippen LogP contribution is -2.48. The molecule has 0 bridgehead atoms. The third kappa shape index (κ3) is 4.14. The number of hydrogen-bond acceptors (Lipinski definition) is 5. The number of anilines is 1. The second-order valence-electron chi connectivity index (χ2n) is 6.10. The fraction of sp³-hybridized carbons (Fsp3) is 0.571. The van der Waals surface area contributed by atoms with Crippen LogP contribution in [0.3, 0.4) is 0 Å². The molecule has 2 heterocycles. The fourth-order valence-electron chi connectivity index (χ4n) is 2.08. The van der Waals surface area contributed by atoms with Crippen molar-refractivity contribution in [1.82, 2.24) is 19.8 Å².